The number of aromatic amines is 1. The van der Waals surface area contributed by atoms with Crippen LogP contribution in [-0.4, -0.2) is 22.4 Å². The van der Waals surface area contributed by atoms with Crippen LogP contribution >= 0.6 is 0 Å². The summed E-state index contributed by atoms with van der Waals surface area (Å²) < 4.78 is 63.9. The number of ether oxygens (including phenoxy) is 1. The number of carboxylic acids is 1. The van der Waals surface area contributed by atoms with E-state index in [4.69, 9.17) is 5.11 Å². The second kappa shape index (κ2) is 4.63. The first kappa shape index (κ1) is 13.9. The fourth-order valence-corrected chi connectivity index (χ4v) is 1.16. The van der Waals surface area contributed by atoms with Crippen LogP contribution in [0.15, 0.2) is 11.0 Å². The second-order valence-corrected chi connectivity index (χ2v) is 2.92. The zero-order chi connectivity index (χ0) is 14.1. The molecule has 10 heteroatoms. The van der Waals surface area contributed by atoms with Crippen molar-refractivity contribution in [3.05, 3.63) is 27.7 Å². The molecule has 1 rings (SSSR count). The lowest BCUT2D eigenvalue weighted by Gasteiger charge is -2.13. The number of hydrogen-bond acceptors (Lipinski definition) is 3. The Morgan fingerprint density at radius 1 is 1.39 bits per heavy atom. The van der Waals surface area contributed by atoms with Crippen LogP contribution in [0.25, 0.3) is 0 Å². The Labute approximate surface area is 94.8 Å². The van der Waals surface area contributed by atoms with E-state index in [0.29, 0.717) is 0 Å². The lowest BCUT2D eigenvalue weighted by atomic mass is 10.1. The lowest BCUT2D eigenvalue weighted by molar-refractivity contribution is -0.274. The van der Waals surface area contributed by atoms with Gasteiger partial charge in [-0.15, -0.1) is 13.2 Å². The number of hydrogen-bond donors (Lipinski definition) is 2. The van der Waals surface area contributed by atoms with Crippen LogP contribution < -0.4 is 10.3 Å². The van der Waals surface area contributed by atoms with Crippen molar-refractivity contribution < 1.29 is 36.6 Å². The normalized spacial score (nSPS) is 11.7. The van der Waals surface area contributed by atoms with Crippen molar-refractivity contribution in [2.45, 2.75) is 12.8 Å². The Balaban J connectivity index is 3.50. The standard InChI is InChI=1S/C8H4F5NO4/c9-5(10)4-3(7(16)17)2(1-14-6(4)15)18-8(11,12)13/h1,5H,(H,14,15)(H,16,17). The molecule has 1 heterocycles. The Hall–Kier alpha value is -2.13. The number of halogens is 5. The molecule has 0 aliphatic heterocycles. The molecule has 2 N–H and O–H groups in total. The third kappa shape index (κ3) is 2.96. The van der Waals surface area contributed by atoms with Crippen molar-refractivity contribution in [2.75, 3.05) is 0 Å². The predicted molar refractivity (Wildman–Crippen MR) is 45.7 cm³/mol. The first-order valence-corrected chi connectivity index (χ1v) is 4.16. The van der Waals surface area contributed by atoms with Crippen molar-refractivity contribution in [3.8, 4) is 5.75 Å². The summed E-state index contributed by atoms with van der Waals surface area (Å²) in [5.74, 6) is -3.54. The van der Waals surface area contributed by atoms with Gasteiger partial charge in [0.25, 0.3) is 12.0 Å². The molecular weight excluding hydrogens is 269 g/mol. The molecule has 0 bridgehead atoms. The van der Waals surface area contributed by atoms with Crippen LogP contribution in [-0.2, 0) is 0 Å². The average Bonchev–Trinajstić information content (AvgIpc) is 2.17. The average molecular weight is 273 g/mol. The van der Waals surface area contributed by atoms with Crippen LogP contribution in [0.2, 0.25) is 0 Å². The van der Waals surface area contributed by atoms with Crippen molar-refractivity contribution in [1.29, 1.82) is 0 Å². The van der Waals surface area contributed by atoms with Gasteiger partial charge in [0.15, 0.2) is 5.75 Å². The summed E-state index contributed by atoms with van der Waals surface area (Å²) in [6.07, 6.45) is -8.58. The highest BCUT2D eigenvalue weighted by Crippen LogP contribution is 2.30. The number of nitrogens with one attached hydrogen (secondary N) is 1. The monoisotopic (exact) mass is 273 g/mol. The van der Waals surface area contributed by atoms with E-state index in [1.54, 1.807) is 4.98 Å². The quantitative estimate of drug-likeness (QED) is 0.824. The van der Waals surface area contributed by atoms with Crippen LogP contribution in [0.3, 0.4) is 0 Å². The van der Waals surface area contributed by atoms with Gasteiger partial charge in [-0.05, 0) is 0 Å². The molecule has 0 radical (unpaired) electrons. The summed E-state index contributed by atoms with van der Waals surface area (Å²) in [5, 5.41) is 8.58. The molecule has 5 nitrogen and oxygen atoms in total. The molecule has 18 heavy (non-hydrogen) atoms. The van der Waals surface area contributed by atoms with E-state index < -0.39 is 41.2 Å². The molecule has 0 saturated carbocycles. The molecule has 0 unspecified atom stereocenters. The number of carbonyl (C=O) groups is 1. The maximum Gasteiger partial charge on any atom is 0.573 e. The van der Waals surface area contributed by atoms with Gasteiger partial charge in [0.2, 0.25) is 0 Å². The van der Waals surface area contributed by atoms with Gasteiger partial charge >= 0.3 is 12.3 Å². The minimum absolute atomic E-state index is 0.255. The maximum absolute atomic E-state index is 12.4. The molecule has 0 aliphatic carbocycles. The molecule has 1 aromatic heterocycles. The predicted octanol–water partition coefficient (Wildman–Crippen LogP) is 1.91. The topological polar surface area (TPSA) is 79.4 Å². The minimum atomic E-state index is -5.28. The zero-order valence-corrected chi connectivity index (χ0v) is 8.22. The summed E-state index contributed by atoms with van der Waals surface area (Å²) in [6.45, 7) is 0. The molecule has 0 aliphatic rings. The number of pyridine rings is 1. The summed E-state index contributed by atoms with van der Waals surface area (Å²) in [5.41, 5.74) is -4.62. The van der Waals surface area contributed by atoms with Gasteiger partial charge in [0.05, 0.1) is 0 Å². The van der Waals surface area contributed by atoms with E-state index in [1.165, 1.54) is 0 Å². The van der Waals surface area contributed by atoms with Crippen LogP contribution in [0.1, 0.15) is 22.3 Å². The Morgan fingerprint density at radius 2 is 1.94 bits per heavy atom. The maximum atomic E-state index is 12.4. The largest absolute Gasteiger partial charge is 0.573 e. The molecule has 100 valence electrons. The van der Waals surface area contributed by atoms with Crippen molar-refractivity contribution in [3.63, 3.8) is 0 Å². The van der Waals surface area contributed by atoms with Gasteiger partial charge in [-0.1, -0.05) is 0 Å². The minimum Gasteiger partial charge on any atom is -0.478 e. The smallest absolute Gasteiger partial charge is 0.478 e. The first-order valence-electron chi connectivity index (χ1n) is 4.16. The molecule has 0 aromatic carbocycles. The van der Waals surface area contributed by atoms with E-state index in [2.05, 4.69) is 4.74 Å². The van der Waals surface area contributed by atoms with Crippen molar-refractivity contribution in [1.82, 2.24) is 4.98 Å². The number of rotatable bonds is 3. The van der Waals surface area contributed by atoms with E-state index in [1.807, 2.05) is 0 Å². The molecule has 0 fully saturated rings. The number of aromatic nitrogens is 1. The molecule has 1 aromatic rings. The van der Waals surface area contributed by atoms with E-state index >= 15 is 0 Å². The molecule has 0 saturated heterocycles. The molecular formula is C8H4F5NO4. The van der Waals surface area contributed by atoms with Crippen LogP contribution in [0, 0.1) is 0 Å². The highest BCUT2D eigenvalue weighted by molar-refractivity contribution is 5.92. The fraction of sp³-hybridized carbons (Fsp3) is 0.250. The molecule has 0 atom stereocenters. The van der Waals surface area contributed by atoms with Crippen LogP contribution in [0.4, 0.5) is 22.0 Å². The summed E-state index contributed by atoms with van der Waals surface area (Å²) >= 11 is 0. The Morgan fingerprint density at radius 3 is 2.33 bits per heavy atom. The van der Waals surface area contributed by atoms with Crippen LogP contribution in [0.5, 0.6) is 5.75 Å². The third-order valence-corrected chi connectivity index (χ3v) is 1.75. The highest BCUT2D eigenvalue weighted by atomic mass is 19.4. The third-order valence-electron chi connectivity index (χ3n) is 1.75. The van der Waals surface area contributed by atoms with E-state index in [0.717, 1.165) is 0 Å². The molecule has 0 spiro atoms. The number of aromatic carboxylic acids is 1. The number of carboxylic acid groups (broad SMARTS) is 1. The highest BCUT2D eigenvalue weighted by Gasteiger charge is 2.35. The number of alkyl halides is 5. The van der Waals surface area contributed by atoms with E-state index in [9.17, 15) is 31.5 Å². The lowest BCUT2D eigenvalue weighted by Crippen LogP contribution is -2.24. The zero-order valence-electron chi connectivity index (χ0n) is 8.22. The van der Waals surface area contributed by atoms with Gasteiger partial charge in [-0.2, -0.15) is 0 Å². The second-order valence-electron chi connectivity index (χ2n) is 2.92. The van der Waals surface area contributed by atoms with Crippen molar-refractivity contribution >= 4 is 5.97 Å². The fourth-order valence-electron chi connectivity index (χ4n) is 1.16. The van der Waals surface area contributed by atoms with Gasteiger partial charge in [-0.25, -0.2) is 13.6 Å². The number of H-pyrrole nitrogens is 1. The van der Waals surface area contributed by atoms with Gasteiger partial charge in [0.1, 0.15) is 11.1 Å². The summed E-state index contributed by atoms with van der Waals surface area (Å²) in [7, 11) is 0. The van der Waals surface area contributed by atoms with Gasteiger partial charge < -0.3 is 14.8 Å². The van der Waals surface area contributed by atoms with E-state index in [-0.39, 0.29) is 6.20 Å². The first-order chi connectivity index (χ1) is 8.13. The SMILES string of the molecule is O=C(O)c1c(OC(F)(F)F)c[nH]c(=O)c1C(F)F. The molecule has 0 amide bonds. The van der Waals surface area contributed by atoms with Crippen molar-refractivity contribution in [2.24, 2.45) is 0 Å². The Kier molecular flexibility index (Phi) is 3.58. The Bertz CT molecular complexity index is 521. The van der Waals surface area contributed by atoms with Gasteiger partial charge in [0, 0.05) is 6.20 Å². The van der Waals surface area contributed by atoms with Gasteiger partial charge in [-0.3, -0.25) is 4.79 Å². The summed E-state index contributed by atoms with van der Waals surface area (Å²) in [6, 6.07) is 0. The summed E-state index contributed by atoms with van der Waals surface area (Å²) in [4.78, 5) is 23.2.